The number of benzene rings is 1. The van der Waals surface area contributed by atoms with Crippen LogP contribution >= 0.6 is 0 Å². The number of hydrogen-bond donors (Lipinski definition) is 0. The average Bonchev–Trinajstić information content (AvgIpc) is 3.09. The van der Waals surface area contributed by atoms with Gasteiger partial charge in [-0.2, -0.15) is 0 Å². The third kappa shape index (κ3) is 4.55. The highest BCUT2D eigenvalue weighted by atomic mass is 16.5. The first-order chi connectivity index (χ1) is 11.2. The van der Waals surface area contributed by atoms with E-state index in [4.69, 9.17) is 4.74 Å². The van der Waals surface area contributed by atoms with Crippen LogP contribution in [0.2, 0.25) is 0 Å². The molecule has 2 rings (SSSR count). The van der Waals surface area contributed by atoms with E-state index in [0.717, 1.165) is 31.5 Å². The van der Waals surface area contributed by atoms with Crippen LogP contribution in [0.25, 0.3) is 0 Å². The quantitative estimate of drug-likeness (QED) is 0.724. The number of hydrogen-bond acceptors (Lipinski definition) is 4. The lowest BCUT2D eigenvalue weighted by Crippen LogP contribution is -2.37. The van der Waals surface area contributed by atoms with E-state index >= 15 is 0 Å². The van der Waals surface area contributed by atoms with Gasteiger partial charge in [-0.3, -0.25) is 9.69 Å². The number of nitrogens with zero attached hydrogens (tertiary/aromatic N) is 2. The highest BCUT2D eigenvalue weighted by molar-refractivity contribution is 5.83. The van der Waals surface area contributed by atoms with Crippen molar-refractivity contribution in [1.82, 2.24) is 9.80 Å². The van der Waals surface area contributed by atoms with E-state index in [1.807, 2.05) is 44.2 Å². The highest BCUT2D eigenvalue weighted by Crippen LogP contribution is 2.26. The molecule has 1 aliphatic heterocycles. The Kier molecular flexibility index (Phi) is 6.59. The second-order valence-corrected chi connectivity index (χ2v) is 5.73. The molecule has 1 amide bonds. The minimum Gasteiger partial charge on any atom is -0.454 e. The third-order valence-electron chi connectivity index (χ3n) is 4.30. The van der Waals surface area contributed by atoms with Gasteiger partial charge in [-0.05, 0) is 45.3 Å². The molecule has 0 N–H and O–H groups in total. The fourth-order valence-electron chi connectivity index (χ4n) is 3.01. The lowest BCUT2D eigenvalue weighted by molar-refractivity contribution is -0.156. The van der Waals surface area contributed by atoms with E-state index < -0.39 is 6.04 Å². The average molecular weight is 318 g/mol. The van der Waals surface area contributed by atoms with Crippen LogP contribution in [-0.2, 0) is 14.3 Å². The van der Waals surface area contributed by atoms with E-state index in [1.54, 1.807) is 4.90 Å². The Morgan fingerprint density at radius 1 is 1.13 bits per heavy atom. The maximum Gasteiger partial charge on any atom is 0.328 e. The molecule has 1 saturated heterocycles. The van der Waals surface area contributed by atoms with Gasteiger partial charge in [-0.15, -0.1) is 0 Å². The molecule has 5 heteroatoms. The van der Waals surface area contributed by atoms with Gasteiger partial charge in [0.05, 0.1) is 0 Å². The molecule has 1 aliphatic rings. The lowest BCUT2D eigenvalue weighted by Gasteiger charge is -2.26. The zero-order valence-corrected chi connectivity index (χ0v) is 14.0. The monoisotopic (exact) mass is 318 g/mol. The molecule has 1 aromatic carbocycles. The van der Waals surface area contributed by atoms with Crippen LogP contribution in [0.4, 0.5) is 0 Å². The van der Waals surface area contributed by atoms with Gasteiger partial charge in [0.25, 0.3) is 5.91 Å². The molecule has 126 valence electrons. The van der Waals surface area contributed by atoms with Crippen LogP contribution in [0.1, 0.15) is 38.3 Å². The zero-order chi connectivity index (χ0) is 16.7. The number of likely N-dealkylation sites (tertiary alicyclic amines) is 1. The maximum absolute atomic E-state index is 12.6. The van der Waals surface area contributed by atoms with E-state index in [9.17, 15) is 9.59 Å². The first-order valence-corrected chi connectivity index (χ1v) is 8.40. The molecule has 0 unspecified atom stereocenters. The van der Waals surface area contributed by atoms with Crippen molar-refractivity contribution in [2.45, 2.75) is 32.7 Å². The van der Waals surface area contributed by atoms with Gasteiger partial charge in [0.15, 0.2) is 6.61 Å². The molecule has 1 atom stereocenters. The molecule has 23 heavy (non-hydrogen) atoms. The van der Waals surface area contributed by atoms with Crippen molar-refractivity contribution in [3.05, 3.63) is 35.9 Å². The largest absolute Gasteiger partial charge is 0.454 e. The van der Waals surface area contributed by atoms with E-state index in [2.05, 4.69) is 4.90 Å². The first kappa shape index (κ1) is 17.5. The smallest absolute Gasteiger partial charge is 0.328 e. The number of esters is 1. The minimum absolute atomic E-state index is 0.142. The van der Waals surface area contributed by atoms with Gasteiger partial charge in [0.2, 0.25) is 0 Å². The lowest BCUT2D eigenvalue weighted by atomic mass is 10.1. The van der Waals surface area contributed by atoms with Crippen LogP contribution in [0.3, 0.4) is 0 Å². The molecule has 0 bridgehead atoms. The molecule has 5 nitrogen and oxygen atoms in total. The summed E-state index contributed by atoms with van der Waals surface area (Å²) in [7, 11) is 0. The molecule has 0 spiro atoms. The Balaban J connectivity index is 2.04. The summed E-state index contributed by atoms with van der Waals surface area (Å²) >= 11 is 0. The minimum atomic E-state index is -0.414. The molecule has 0 saturated carbocycles. The van der Waals surface area contributed by atoms with Gasteiger partial charge in [-0.1, -0.05) is 30.3 Å². The molecular weight excluding hydrogens is 292 g/mol. The summed E-state index contributed by atoms with van der Waals surface area (Å²) in [5.74, 6) is -0.477. The van der Waals surface area contributed by atoms with Crippen LogP contribution in [-0.4, -0.2) is 54.5 Å². The van der Waals surface area contributed by atoms with Crippen molar-refractivity contribution in [1.29, 1.82) is 0 Å². The predicted octanol–water partition coefficient (Wildman–Crippen LogP) is 2.24. The van der Waals surface area contributed by atoms with Crippen molar-refractivity contribution < 1.29 is 14.3 Å². The Bertz CT molecular complexity index is 508. The van der Waals surface area contributed by atoms with Gasteiger partial charge >= 0.3 is 5.97 Å². The number of likely N-dealkylation sites (N-methyl/N-ethyl adjacent to an activating group) is 1. The van der Waals surface area contributed by atoms with E-state index in [1.165, 1.54) is 0 Å². The fraction of sp³-hybridized carbons (Fsp3) is 0.556. The summed E-state index contributed by atoms with van der Waals surface area (Å²) < 4.78 is 5.35. The Hall–Kier alpha value is -1.88. The molecule has 1 heterocycles. The first-order valence-electron chi connectivity index (χ1n) is 8.40. The summed E-state index contributed by atoms with van der Waals surface area (Å²) in [6.07, 6.45) is 2.18. The number of ether oxygens (including phenoxy) is 1. The van der Waals surface area contributed by atoms with Crippen LogP contribution in [0.5, 0.6) is 0 Å². The zero-order valence-electron chi connectivity index (χ0n) is 14.0. The van der Waals surface area contributed by atoms with Crippen LogP contribution < -0.4 is 0 Å². The van der Waals surface area contributed by atoms with Crippen LogP contribution in [0.15, 0.2) is 30.3 Å². The van der Waals surface area contributed by atoms with Crippen molar-refractivity contribution in [3.8, 4) is 0 Å². The highest BCUT2D eigenvalue weighted by Gasteiger charge is 2.31. The summed E-state index contributed by atoms with van der Waals surface area (Å²) in [6.45, 7) is 6.68. The topological polar surface area (TPSA) is 49.9 Å². The van der Waals surface area contributed by atoms with Gasteiger partial charge < -0.3 is 9.64 Å². The van der Waals surface area contributed by atoms with Gasteiger partial charge in [-0.25, -0.2) is 4.79 Å². The third-order valence-corrected chi connectivity index (χ3v) is 4.30. The number of carbonyl (C=O) groups is 2. The van der Waals surface area contributed by atoms with Crippen molar-refractivity contribution in [3.63, 3.8) is 0 Å². The Labute approximate surface area is 138 Å². The standard InChI is InChI=1S/C18H26N2O3/c1-3-19(4-2)16(21)14-23-18(22)17(20-12-8-9-13-20)15-10-6-5-7-11-15/h5-7,10-11,17H,3-4,8-9,12-14H2,1-2H3/t17-/m0/s1. The van der Waals surface area contributed by atoms with Gasteiger partial charge in [0.1, 0.15) is 6.04 Å². The summed E-state index contributed by atoms with van der Waals surface area (Å²) in [5.41, 5.74) is 0.926. The second-order valence-electron chi connectivity index (χ2n) is 5.73. The molecule has 1 aromatic rings. The normalized spacial score (nSPS) is 16.1. The molecule has 0 aromatic heterocycles. The molecule has 1 fully saturated rings. The molecular formula is C18H26N2O3. The summed E-state index contributed by atoms with van der Waals surface area (Å²) in [5, 5.41) is 0. The number of amides is 1. The van der Waals surface area contributed by atoms with Crippen molar-refractivity contribution in [2.75, 3.05) is 32.8 Å². The summed E-state index contributed by atoms with van der Waals surface area (Å²) in [4.78, 5) is 28.4. The number of rotatable bonds is 7. The maximum atomic E-state index is 12.6. The predicted molar refractivity (Wildman–Crippen MR) is 88.9 cm³/mol. The SMILES string of the molecule is CCN(CC)C(=O)COC(=O)[C@H](c1ccccc1)N1CCCC1. The summed E-state index contributed by atoms with van der Waals surface area (Å²) in [6, 6.07) is 9.25. The van der Waals surface area contributed by atoms with Crippen molar-refractivity contribution >= 4 is 11.9 Å². The second kappa shape index (κ2) is 8.67. The molecule has 0 radical (unpaired) electrons. The van der Waals surface area contributed by atoms with Gasteiger partial charge in [0, 0.05) is 13.1 Å². The van der Waals surface area contributed by atoms with Crippen LogP contribution in [0, 0.1) is 0 Å². The van der Waals surface area contributed by atoms with E-state index in [0.29, 0.717) is 13.1 Å². The fourth-order valence-corrected chi connectivity index (χ4v) is 3.01. The Morgan fingerprint density at radius 3 is 2.30 bits per heavy atom. The molecule has 0 aliphatic carbocycles. The Morgan fingerprint density at radius 2 is 1.74 bits per heavy atom. The van der Waals surface area contributed by atoms with Crippen molar-refractivity contribution in [2.24, 2.45) is 0 Å². The van der Waals surface area contributed by atoms with E-state index in [-0.39, 0.29) is 18.5 Å². The number of carbonyl (C=O) groups excluding carboxylic acids is 2.